The van der Waals surface area contributed by atoms with Crippen LogP contribution in [0.15, 0.2) is 70.8 Å². The van der Waals surface area contributed by atoms with Gasteiger partial charge in [0.1, 0.15) is 12.4 Å². The second-order valence-electron chi connectivity index (χ2n) is 5.81. The first-order valence-electron chi connectivity index (χ1n) is 8.25. The Morgan fingerprint density at radius 3 is 2.54 bits per heavy atom. The zero-order valence-corrected chi connectivity index (χ0v) is 17.0. The molecule has 6 heteroatoms. The van der Waals surface area contributed by atoms with Gasteiger partial charge in [-0.15, -0.1) is 16.8 Å². The lowest BCUT2D eigenvalue weighted by Gasteiger charge is -2.09. The van der Waals surface area contributed by atoms with Crippen LogP contribution in [0.3, 0.4) is 0 Å². The van der Waals surface area contributed by atoms with Crippen molar-refractivity contribution in [3.63, 3.8) is 0 Å². The summed E-state index contributed by atoms with van der Waals surface area (Å²) < 4.78 is 8.90. The molecule has 0 aliphatic rings. The largest absolute Gasteiger partial charge is 0.486 e. The number of hydrogen-bond acceptors (Lipinski definition) is 4. The summed E-state index contributed by atoms with van der Waals surface area (Å²) in [6.45, 7) is 6.96. The number of allylic oxidation sites excluding steroid dienone is 1. The summed E-state index contributed by atoms with van der Waals surface area (Å²) in [5.74, 6) is 2.44. The SMILES string of the molecule is C=CCn1c(COc2ccc(Br)cc2)nnc1SCc1ccc(C)cc1. The molecule has 0 radical (unpaired) electrons. The van der Waals surface area contributed by atoms with Crippen LogP contribution in [0.1, 0.15) is 17.0 Å². The number of aromatic nitrogens is 3. The number of nitrogens with zero attached hydrogens (tertiary/aromatic N) is 3. The molecule has 0 fully saturated rings. The fourth-order valence-electron chi connectivity index (χ4n) is 2.36. The first kappa shape index (κ1) is 18.7. The van der Waals surface area contributed by atoms with Gasteiger partial charge in [0.15, 0.2) is 11.0 Å². The van der Waals surface area contributed by atoms with Crippen LogP contribution in [0.5, 0.6) is 5.75 Å². The number of benzene rings is 2. The highest BCUT2D eigenvalue weighted by Crippen LogP contribution is 2.23. The Labute approximate surface area is 166 Å². The lowest BCUT2D eigenvalue weighted by Crippen LogP contribution is -2.07. The maximum atomic E-state index is 5.84. The maximum Gasteiger partial charge on any atom is 0.191 e. The van der Waals surface area contributed by atoms with Crippen molar-refractivity contribution in [2.45, 2.75) is 31.0 Å². The highest BCUT2D eigenvalue weighted by atomic mass is 79.9. The first-order chi connectivity index (χ1) is 12.7. The molecule has 0 spiro atoms. The average Bonchev–Trinajstić information content (AvgIpc) is 3.03. The van der Waals surface area contributed by atoms with E-state index in [1.807, 2.05) is 34.9 Å². The van der Waals surface area contributed by atoms with Gasteiger partial charge in [0.05, 0.1) is 0 Å². The number of aryl methyl sites for hydroxylation is 1. The van der Waals surface area contributed by atoms with E-state index < -0.39 is 0 Å². The molecule has 3 rings (SSSR count). The molecule has 0 aliphatic heterocycles. The van der Waals surface area contributed by atoms with Crippen molar-refractivity contribution in [2.75, 3.05) is 0 Å². The molecule has 0 atom stereocenters. The Morgan fingerprint density at radius 2 is 1.85 bits per heavy atom. The second-order valence-corrected chi connectivity index (χ2v) is 7.67. The smallest absolute Gasteiger partial charge is 0.191 e. The van der Waals surface area contributed by atoms with Gasteiger partial charge >= 0.3 is 0 Å². The lowest BCUT2D eigenvalue weighted by molar-refractivity contribution is 0.289. The van der Waals surface area contributed by atoms with Crippen LogP contribution in [0.4, 0.5) is 0 Å². The average molecular weight is 430 g/mol. The highest BCUT2D eigenvalue weighted by molar-refractivity contribution is 9.10. The Kier molecular flexibility index (Phi) is 6.52. The third-order valence-corrected chi connectivity index (χ3v) is 5.34. The van der Waals surface area contributed by atoms with Crippen LogP contribution < -0.4 is 4.74 Å². The number of halogens is 1. The topological polar surface area (TPSA) is 39.9 Å². The van der Waals surface area contributed by atoms with Gasteiger partial charge in [-0.1, -0.05) is 63.6 Å². The molecule has 0 saturated carbocycles. The summed E-state index contributed by atoms with van der Waals surface area (Å²) in [6, 6.07) is 16.3. The fraction of sp³-hybridized carbons (Fsp3) is 0.200. The molecule has 26 heavy (non-hydrogen) atoms. The third-order valence-electron chi connectivity index (χ3n) is 3.78. The number of thioether (sulfide) groups is 1. The summed E-state index contributed by atoms with van der Waals surface area (Å²) in [7, 11) is 0. The van der Waals surface area contributed by atoms with Gasteiger partial charge in [-0.3, -0.25) is 4.57 Å². The van der Waals surface area contributed by atoms with E-state index in [0.29, 0.717) is 13.2 Å². The molecule has 0 saturated heterocycles. The fourth-order valence-corrected chi connectivity index (χ4v) is 3.54. The van der Waals surface area contributed by atoms with E-state index in [1.54, 1.807) is 11.8 Å². The van der Waals surface area contributed by atoms with Crippen molar-refractivity contribution in [1.82, 2.24) is 14.8 Å². The molecule has 0 bridgehead atoms. The van der Waals surface area contributed by atoms with Crippen molar-refractivity contribution in [3.8, 4) is 5.75 Å². The van der Waals surface area contributed by atoms with Gasteiger partial charge in [0, 0.05) is 16.8 Å². The summed E-state index contributed by atoms with van der Waals surface area (Å²) >= 11 is 5.09. The van der Waals surface area contributed by atoms with E-state index in [4.69, 9.17) is 4.74 Å². The standard InChI is InChI=1S/C20H20BrN3OS/c1-3-12-24-19(13-25-18-10-8-17(21)9-11-18)22-23-20(24)26-14-16-6-4-15(2)5-7-16/h3-11H,1,12-14H2,2H3. The van der Waals surface area contributed by atoms with Gasteiger partial charge in [0.2, 0.25) is 0 Å². The summed E-state index contributed by atoms with van der Waals surface area (Å²) in [5, 5.41) is 9.51. The molecular formula is C20H20BrN3OS. The Bertz CT molecular complexity index is 793. The molecule has 0 amide bonds. The summed E-state index contributed by atoms with van der Waals surface area (Å²) in [4.78, 5) is 0. The lowest BCUT2D eigenvalue weighted by atomic mass is 10.2. The normalized spacial score (nSPS) is 10.7. The number of ether oxygens (including phenoxy) is 1. The monoisotopic (exact) mass is 429 g/mol. The van der Waals surface area contributed by atoms with Crippen LogP contribution in [-0.4, -0.2) is 14.8 Å². The van der Waals surface area contributed by atoms with Crippen molar-refractivity contribution >= 4 is 27.7 Å². The highest BCUT2D eigenvalue weighted by Gasteiger charge is 2.12. The van der Waals surface area contributed by atoms with Crippen LogP contribution in [0.2, 0.25) is 0 Å². The van der Waals surface area contributed by atoms with Crippen molar-refractivity contribution in [1.29, 1.82) is 0 Å². The minimum absolute atomic E-state index is 0.369. The van der Waals surface area contributed by atoms with Crippen LogP contribution >= 0.6 is 27.7 Å². The maximum absolute atomic E-state index is 5.84. The summed E-state index contributed by atoms with van der Waals surface area (Å²) in [5.41, 5.74) is 2.53. The zero-order chi connectivity index (χ0) is 18.4. The van der Waals surface area contributed by atoms with Gasteiger partial charge < -0.3 is 4.74 Å². The van der Waals surface area contributed by atoms with E-state index in [1.165, 1.54) is 11.1 Å². The van der Waals surface area contributed by atoms with Crippen LogP contribution in [0, 0.1) is 6.92 Å². The third kappa shape index (κ3) is 4.99. The summed E-state index contributed by atoms with van der Waals surface area (Å²) in [6.07, 6.45) is 1.85. The Morgan fingerprint density at radius 1 is 1.12 bits per heavy atom. The Balaban J connectivity index is 1.67. The van der Waals surface area contributed by atoms with Gasteiger partial charge in [-0.05, 0) is 36.8 Å². The molecule has 2 aromatic carbocycles. The Hall–Kier alpha value is -2.05. The molecule has 134 valence electrons. The van der Waals surface area contributed by atoms with Crippen LogP contribution in [0.25, 0.3) is 0 Å². The van der Waals surface area contributed by atoms with Gasteiger partial charge in [-0.2, -0.15) is 0 Å². The molecule has 4 nitrogen and oxygen atoms in total. The predicted octanol–water partition coefficient (Wildman–Crippen LogP) is 5.41. The van der Waals surface area contributed by atoms with Crippen molar-refractivity contribution in [2.24, 2.45) is 0 Å². The van der Waals surface area contributed by atoms with E-state index >= 15 is 0 Å². The molecule has 1 heterocycles. The molecule has 1 aromatic heterocycles. The number of rotatable bonds is 8. The van der Waals surface area contributed by atoms with E-state index in [-0.39, 0.29) is 0 Å². The van der Waals surface area contributed by atoms with Gasteiger partial charge in [-0.25, -0.2) is 0 Å². The molecule has 0 N–H and O–H groups in total. The van der Waals surface area contributed by atoms with Crippen LogP contribution in [-0.2, 0) is 18.9 Å². The minimum atomic E-state index is 0.369. The van der Waals surface area contributed by atoms with Gasteiger partial charge in [0.25, 0.3) is 0 Å². The minimum Gasteiger partial charge on any atom is -0.486 e. The quantitative estimate of drug-likeness (QED) is 0.354. The molecular weight excluding hydrogens is 410 g/mol. The zero-order valence-electron chi connectivity index (χ0n) is 14.6. The number of hydrogen-bond donors (Lipinski definition) is 0. The molecule has 3 aromatic rings. The molecule has 0 aliphatic carbocycles. The first-order valence-corrected chi connectivity index (χ1v) is 10.0. The van der Waals surface area contributed by atoms with E-state index in [9.17, 15) is 0 Å². The second kappa shape index (κ2) is 9.05. The van der Waals surface area contributed by atoms with Crippen molar-refractivity contribution < 1.29 is 4.74 Å². The van der Waals surface area contributed by atoms with Crippen molar-refractivity contribution in [3.05, 3.63) is 82.6 Å². The van der Waals surface area contributed by atoms with E-state index in [2.05, 4.69) is 63.9 Å². The van der Waals surface area contributed by atoms with E-state index in [0.717, 1.165) is 27.0 Å². The predicted molar refractivity (Wildman–Crippen MR) is 109 cm³/mol. The molecule has 0 unspecified atom stereocenters.